The van der Waals surface area contributed by atoms with Gasteiger partial charge in [0.2, 0.25) is 0 Å². The predicted molar refractivity (Wildman–Crippen MR) is 78.2 cm³/mol. The summed E-state index contributed by atoms with van der Waals surface area (Å²) in [7, 11) is 3.82. The summed E-state index contributed by atoms with van der Waals surface area (Å²) in [6, 6.07) is 3.02. The van der Waals surface area contributed by atoms with Gasteiger partial charge in [-0.15, -0.1) is 0 Å². The lowest BCUT2D eigenvalue weighted by Crippen LogP contribution is -2.32. The van der Waals surface area contributed by atoms with Gasteiger partial charge in [-0.2, -0.15) is 0 Å². The zero-order chi connectivity index (χ0) is 14.4. The van der Waals surface area contributed by atoms with Crippen LogP contribution in [-0.2, 0) is 17.8 Å². The van der Waals surface area contributed by atoms with E-state index in [1.165, 1.54) is 5.56 Å². The minimum Gasteiger partial charge on any atom is -0.465 e. The fraction of sp³-hybridized carbons (Fsp3) is 0.733. The molecule has 1 aromatic rings. The molecule has 1 heterocycles. The molecule has 1 aromatic heterocycles. The van der Waals surface area contributed by atoms with E-state index >= 15 is 0 Å². The Morgan fingerprint density at radius 1 is 1.37 bits per heavy atom. The van der Waals surface area contributed by atoms with E-state index in [1.807, 2.05) is 6.92 Å². The molecule has 110 valence electrons. The number of rotatable bonds is 8. The maximum absolute atomic E-state index is 5.82. The van der Waals surface area contributed by atoms with Gasteiger partial charge in [-0.1, -0.05) is 13.8 Å². The summed E-state index contributed by atoms with van der Waals surface area (Å²) in [5.74, 6) is 2.03. The van der Waals surface area contributed by atoms with Crippen molar-refractivity contribution in [1.29, 1.82) is 0 Å². The lowest BCUT2D eigenvalue weighted by atomic mass is 10.2. The highest BCUT2D eigenvalue weighted by atomic mass is 16.5. The highest BCUT2D eigenvalue weighted by Gasteiger charge is 2.13. The van der Waals surface area contributed by atoms with Crippen molar-refractivity contribution in [3.8, 4) is 0 Å². The molecule has 0 radical (unpaired) electrons. The van der Waals surface area contributed by atoms with Crippen LogP contribution in [0.25, 0.3) is 0 Å². The molecule has 0 aliphatic rings. The van der Waals surface area contributed by atoms with Crippen LogP contribution < -0.4 is 5.32 Å². The van der Waals surface area contributed by atoms with Crippen LogP contribution in [0.15, 0.2) is 10.5 Å². The molecule has 0 saturated heterocycles. The number of furan rings is 1. The molecule has 0 aliphatic carbocycles. The van der Waals surface area contributed by atoms with Crippen LogP contribution in [0.2, 0.25) is 0 Å². The quantitative estimate of drug-likeness (QED) is 0.786. The summed E-state index contributed by atoms with van der Waals surface area (Å²) in [5.41, 5.74) is 1.25. The smallest absolute Gasteiger partial charge is 0.118 e. The Morgan fingerprint density at radius 3 is 2.63 bits per heavy atom. The number of hydrogen-bond acceptors (Lipinski definition) is 4. The molecule has 1 atom stereocenters. The average Bonchev–Trinajstić information content (AvgIpc) is 2.67. The van der Waals surface area contributed by atoms with Gasteiger partial charge in [0.05, 0.1) is 13.2 Å². The van der Waals surface area contributed by atoms with Crippen LogP contribution in [0.3, 0.4) is 0 Å². The van der Waals surface area contributed by atoms with Crippen molar-refractivity contribution in [1.82, 2.24) is 10.2 Å². The third-order valence-electron chi connectivity index (χ3n) is 3.34. The Morgan fingerprint density at radius 2 is 2.05 bits per heavy atom. The summed E-state index contributed by atoms with van der Waals surface area (Å²) in [6.45, 7) is 10.9. The SMILES string of the molecule is COCC(C)N(C)Cc1cc(CNC(C)C)c(C)o1. The molecule has 4 heteroatoms. The number of nitrogens with one attached hydrogen (secondary N) is 1. The van der Waals surface area contributed by atoms with Crippen LogP contribution in [0.4, 0.5) is 0 Å². The molecular formula is C15H28N2O2. The summed E-state index contributed by atoms with van der Waals surface area (Å²) < 4.78 is 11.0. The van der Waals surface area contributed by atoms with Gasteiger partial charge in [0.25, 0.3) is 0 Å². The molecule has 1 rings (SSSR count). The monoisotopic (exact) mass is 268 g/mol. The van der Waals surface area contributed by atoms with Crippen LogP contribution in [0, 0.1) is 6.92 Å². The van der Waals surface area contributed by atoms with Gasteiger partial charge in [-0.3, -0.25) is 4.90 Å². The normalized spacial score (nSPS) is 13.5. The van der Waals surface area contributed by atoms with Gasteiger partial charge in [-0.25, -0.2) is 0 Å². The summed E-state index contributed by atoms with van der Waals surface area (Å²) in [6.07, 6.45) is 0. The molecule has 1 N–H and O–H groups in total. The molecule has 0 aromatic carbocycles. The Bertz CT molecular complexity index is 374. The first kappa shape index (κ1) is 16.2. The highest BCUT2D eigenvalue weighted by Crippen LogP contribution is 2.17. The first-order valence-electron chi connectivity index (χ1n) is 6.94. The topological polar surface area (TPSA) is 37.6 Å². The molecule has 0 aliphatic heterocycles. The van der Waals surface area contributed by atoms with E-state index in [1.54, 1.807) is 7.11 Å². The van der Waals surface area contributed by atoms with E-state index in [0.717, 1.165) is 31.2 Å². The standard InChI is InChI=1S/C15H28N2O2/c1-11(2)16-8-14-7-15(19-13(14)4)9-17(5)12(3)10-18-6/h7,11-12,16H,8-10H2,1-6H3. The van der Waals surface area contributed by atoms with E-state index in [4.69, 9.17) is 9.15 Å². The largest absolute Gasteiger partial charge is 0.465 e. The lowest BCUT2D eigenvalue weighted by molar-refractivity contribution is 0.107. The average molecular weight is 268 g/mol. The maximum atomic E-state index is 5.82. The number of nitrogens with zero attached hydrogens (tertiary/aromatic N) is 1. The van der Waals surface area contributed by atoms with E-state index < -0.39 is 0 Å². The molecule has 4 nitrogen and oxygen atoms in total. The highest BCUT2D eigenvalue weighted by molar-refractivity contribution is 5.20. The summed E-state index contributed by atoms with van der Waals surface area (Å²) in [5, 5.41) is 3.42. The Kier molecular flexibility index (Phi) is 6.55. The minimum atomic E-state index is 0.382. The molecule has 0 spiro atoms. The van der Waals surface area contributed by atoms with Crippen LogP contribution >= 0.6 is 0 Å². The van der Waals surface area contributed by atoms with Crippen molar-refractivity contribution in [3.63, 3.8) is 0 Å². The number of ether oxygens (including phenoxy) is 1. The van der Waals surface area contributed by atoms with Crippen molar-refractivity contribution in [2.24, 2.45) is 0 Å². The van der Waals surface area contributed by atoms with Crippen LogP contribution in [-0.4, -0.2) is 37.7 Å². The van der Waals surface area contributed by atoms with Crippen LogP contribution in [0.5, 0.6) is 0 Å². The summed E-state index contributed by atoms with van der Waals surface area (Å²) >= 11 is 0. The number of methoxy groups -OCH3 is 1. The van der Waals surface area contributed by atoms with Gasteiger partial charge >= 0.3 is 0 Å². The fourth-order valence-electron chi connectivity index (χ4n) is 1.93. The number of hydrogen-bond donors (Lipinski definition) is 1. The first-order valence-corrected chi connectivity index (χ1v) is 6.94. The fourth-order valence-corrected chi connectivity index (χ4v) is 1.93. The van der Waals surface area contributed by atoms with E-state index in [0.29, 0.717) is 12.1 Å². The van der Waals surface area contributed by atoms with Crippen molar-refractivity contribution >= 4 is 0 Å². The molecule has 1 unspecified atom stereocenters. The van der Waals surface area contributed by atoms with Crippen molar-refractivity contribution in [2.75, 3.05) is 20.8 Å². The third-order valence-corrected chi connectivity index (χ3v) is 3.34. The van der Waals surface area contributed by atoms with Gasteiger partial charge in [0, 0.05) is 31.3 Å². The predicted octanol–water partition coefficient (Wildman–Crippen LogP) is 2.55. The van der Waals surface area contributed by atoms with Gasteiger partial charge in [-0.05, 0) is 27.0 Å². The number of likely N-dealkylation sites (N-methyl/N-ethyl adjacent to an activating group) is 1. The Balaban J connectivity index is 2.57. The molecule has 0 fully saturated rings. The van der Waals surface area contributed by atoms with Crippen molar-refractivity contribution in [3.05, 3.63) is 23.2 Å². The molecule has 0 amide bonds. The van der Waals surface area contributed by atoms with E-state index in [9.17, 15) is 0 Å². The second kappa shape index (κ2) is 7.68. The lowest BCUT2D eigenvalue weighted by Gasteiger charge is -2.22. The van der Waals surface area contributed by atoms with E-state index in [-0.39, 0.29) is 0 Å². The molecule has 0 saturated carbocycles. The zero-order valence-electron chi connectivity index (χ0n) is 13.1. The third kappa shape index (κ3) is 5.35. The molecular weight excluding hydrogens is 240 g/mol. The second-order valence-electron chi connectivity index (χ2n) is 5.55. The van der Waals surface area contributed by atoms with Crippen LogP contribution in [0.1, 0.15) is 37.9 Å². The van der Waals surface area contributed by atoms with E-state index in [2.05, 4.69) is 44.1 Å². The molecule has 19 heavy (non-hydrogen) atoms. The second-order valence-corrected chi connectivity index (χ2v) is 5.55. The Labute approximate surface area is 117 Å². The van der Waals surface area contributed by atoms with Crippen molar-refractivity contribution < 1.29 is 9.15 Å². The first-order chi connectivity index (χ1) is 8.93. The molecule has 0 bridgehead atoms. The minimum absolute atomic E-state index is 0.382. The van der Waals surface area contributed by atoms with Gasteiger partial charge in [0.15, 0.2) is 0 Å². The van der Waals surface area contributed by atoms with Crippen molar-refractivity contribution in [2.45, 2.75) is 52.9 Å². The zero-order valence-corrected chi connectivity index (χ0v) is 13.1. The van der Waals surface area contributed by atoms with Gasteiger partial charge < -0.3 is 14.5 Å². The Hall–Kier alpha value is -0.840. The van der Waals surface area contributed by atoms with Gasteiger partial charge in [0.1, 0.15) is 11.5 Å². The summed E-state index contributed by atoms with van der Waals surface area (Å²) in [4.78, 5) is 2.24. The maximum Gasteiger partial charge on any atom is 0.118 e. The number of aryl methyl sites for hydroxylation is 1.